The fraction of sp³-hybridized carbons (Fsp3) is 0.333. The maximum atomic E-state index is 13.9. The molecule has 0 spiro atoms. The zero-order valence-electron chi connectivity index (χ0n) is 23.5. The first-order valence-corrected chi connectivity index (χ1v) is 16.6. The zero-order chi connectivity index (χ0) is 31.0. The molecule has 12 heteroatoms. The number of hydrogen-bond donors (Lipinski definition) is 1. The number of benzene rings is 3. The summed E-state index contributed by atoms with van der Waals surface area (Å²) in [5.74, 6) is -0.690. The van der Waals surface area contributed by atoms with Crippen LogP contribution in [0.15, 0.2) is 66.7 Å². The maximum absolute atomic E-state index is 13.9. The number of halogens is 4. The summed E-state index contributed by atoms with van der Waals surface area (Å²) < 4.78 is 26.5. The first kappa shape index (κ1) is 34.0. The van der Waals surface area contributed by atoms with E-state index in [0.717, 1.165) is 16.1 Å². The van der Waals surface area contributed by atoms with Crippen molar-refractivity contribution in [1.29, 1.82) is 0 Å². The van der Waals surface area contributed by atoms with Crippen molar-refractivity contribution in [2.45, 2.75) is 51.7 Å². The Balaban J connectivity index is 1.94. The van der Waals surface area contributed by atoms with Gasteiger partial charge in [-0.1, -0.05) is 82.8 Å². The van der Waals surface area contributed by atoms with Gasteiger partial charge in [-0.25, -0.2) is 8.42 Å². The lowest BCUT2D eigenvalue weighted by molar-refractivity contribution is -0.141. The molecule has 2 amide bonds. The normalized spacial score (nSPS) is 12.2. The van der Waals surface area contributed by atoms with Gasteiger partial charge < -0.3 is 10.2 Å². The fourth-order valence-corrected chi connectivity index (χ4v) is 6.37. The second-order valence-electron chi connectivity index (χ2n) is 10.1. The van der Waals surface area contributed by atoms with Gasteiger partial charge in [-0.2, -0.15) is 0 Å². The van der Waals surface area contributed by atoms with E-state index in [1.54, 1.807) is 24.3 Å². The van der Waals surface area contributed by atoms with Crippen LogP contribution in [0.4, 0.5) is 5.69 Å². The monoisotopic (exact) mass is 671 g/mol. The third-order valence-electron chi connectivity index (χ3n) is 6.42. The molecule has 0 aliphatic rings. The predicted molar refractivity (Wildman–Crippen MR) is 172 cm³/mol. The van der Waals surface area contributed by atoms with Crippen LogP contribution in [0, 0.1) is 0 Å². The van der Waals surface area contributed by atoms with Crippen LogP contribution in [0.2, 0.25) is 20.1 Å². The summed E-state index contributed by atoms with van der Waals surface area (Å²) >= 11 is 25.4. The highest BCUT2D eigenvalue weighted by Gasteiger charge is 2.32. The number of hydrogen-bond acceptors (Lipinski definition) is 4. The highest BCUT2D eigenvalue weighted by Crippen LogP contribution is 2.31. The lowest BCUT2D eigenvalue weighted by Gasteiger charge is -2.33. The molecular formula is C30H33Cl4N3O4S. The smallest absolute Gasteiger partial charge is 0.243 e. The molecule has 3 rings (SSSR count). The molecule has 0 bridgehead atoms. The van der Waals surface area contributed by atoms with Crippen molar-refractivity contribution < 1.29 is 18.0 Å². The Bertz CT molecular complexity index is 1480. The molecule has 0 heterocycles. The lowest BCUT2D eigenvalue weighted by atomic mass is 10.0. The van der Waals surface area contributed by atoms with E-state index in [4.69, 9.17) is 46.4 Å². The Morgan fingerprint density at radius 3 is 2.12 bits per heavy atom. The van der Waals surface area contributed by atoms with Gasteiger partial charge in [0.25, 0.3) is 0 Å². The Morgan fingerprint density at radius 1 is 0.881 bits per heavy atom. The standard InChI is InChI=1S/C30H33Cl4N3O4S/c1-20(2)35-30(39)28(17-21-9-5-4-6-10-21)36(19-23-24(32)11-7-12-25(23)33)29(38)13-8-16-37(42(3,40)41)27-18-22(31)14-15-26(27)34/h4-7,9-12,14-15,18,20,28H,8,13,16-17,19H2,1-3H3,(H,35,39). The van der Waals surface area contributed by atoms with Gasteiger partial charge in [-0.3, -0.25) is 13.9 Å². The molecular weight excluding hydrogens is 640 g/mol. The highest BCUT2D eigenvalue weighted by molar-refractivity contribution is 7.92. The number of nitrogens with zero attached hydrogens (tertiary/aromatic N) is 2. The van der Waals surface area contributed by atoms with Gasteiger partial charge >= 0.3 is 0 Å². The number of sulfonamides is 1. The lowest BCUT2D eigenvalue weighted by Crippen LogP contribution is -2.52. The topological polar surface area (TPSA) is 86.8 Å². The number of carbonyl (C=O) groups is 2. The Kier molecular flexibility index (Phi) is 12.4. The van der Waals surface area contributed by atoms with E-state index < -0.39 is 16.1 Å². The Morgan fingerprint density at radius 2 is 1.52 bits per heavy atom. The first-order chi connectivity index (χ1) is 19.8. The number of anilines is 1. The van der Waals surface area contributed by atoms with E-state index >= 15 is 0 Å². The van der Waals surface area contributed by atoms with E-state index in [9.17, 15) is 18.0 Å². The molecule has 3 aromatic carbocycles. The van der Waals surface area contributed by atoms with E-state index in [1.807, 2.05) is 44.2 Å². The minimum atomic E-state index is -3.75. The Hall–Kier alpha value is -2.49. The summed E-state index contributed by atoms with van der Waals surface area (Å²) in [6.07, 6.45) is 1.39. The van der Waals surface area contributed by atoms with Crippen molar-refractivity contribution in [3.63, 3.8) is 0 Å². The third kappa shape index (κ3) is 9.51. The van der Waals surface area contributed by atoms with E-state index in [1.165, 1.54) is 17.0 Å². The summed E-state index contributed by atoms with van der Waals surface area (Å²) in [7, 11) is -3.75. The van der Waals surface area contributed by atoms with Gasteiger partial charge in [0.1, 0.15) is 6.04 Å². The van der Waals surface area contributed by atoms with Crippen LogP contribution >= 0.6 is 46.4 Å². The van der Waals surface area contributed by atoms with Gasteiger partial charge in [0.2, 0.25) is 21.8 Å². The minimum Gasteiger partial charge on any atom is -0.352 e. The van der Waals surface area contributed by atoms with Crippen molar-refractivity contribution >= 4 is 73.9 Å². The summed E-state index contributed by atoms with van der Waals surface area (Å²) in [5.41, 5.74) is 1.59. The molecule has 1 unspecified atom stereocenters. The molecule has 7 nitrogen and oxygen atoms in total. The predicted octanol–water partition coefficient (Wildman–Crippen LogP) is 7.01. The van der Waals surface area contributed by atoms with Gasteiger partial charge in [-0.05, 0) is 56.2 Å². The molecule has 0 fully saturated rings. The fourth-order valence-electron chi connectivity index (χ4n) is 4.45. The average Bonchev–Trinajstić information content (AvgIpc) is 2.91. The van der Waals surface area contributed by atoms with Crippen molar-refractivity contribution in [2.24, 2.45) is 0 Å². The number of nitrogens with one attached hydrogen (secondary N) is 1. The molecule has 226 valence electrons. The highest BCUT2D eigenvalue weighted by atomic mass is 35.5. The first-order valence-electron chi connectivity index (χ1n) is 13.3. The van der Waals surface area contributed by atoms with E-state index in [0.29, 0.717) is 20.6 Å². The largest absolute Gasteiger partial charge is 0.352 e. The molecule has 1 N–H and O–H groups in total. The minimum absolute atomic E-state index is 0.0176. The number of carbonyl (C=O) groups excluding carboxylic acids is 2. The van der Waals surface area contributed by atoms with Crippen molar-refractivity contribution in [3.8, 4) is 0 Å². The molecule has 0 saturated carbocycles. The van der Waals surface area contributed by atoms with Crippen LogP contribution in [0.25, 0.3) is 0 Å². The quantitative estimate of drug-likeness (QED) is 0.212. The van der Waals surface area contributed by atoms with Gasteiger partial charge in [0, 0.05) is 52.6 Å². The molecule has 0 radical (unpaired) electrons. The second-order valence-corrected chi connectivity index (χ2v) is 13.7. The molecule has 0 aliphatic carbocycles. The summed E-state index contributed by atoms with van der Waals surface area (Å²) in [4.78, 5) is 28.9. The molecule has 0 aromatic heterocycles. The maximum Gasteiger partial charge on any atom is 0.243 e. The van der Waals surface area contributed by atoms with Crippen molar-refractivity contribution in [3.05, 3.63) is 97.9 Å². The molecule has 42 heavy (non-hydrogen) atoms. The van der Waals surface area contributed by atoms with E-state index in [-0.39, 0.29) is 60.9 Å². The van der Waals surface area contributed by atoms with Gasteiger partial charge in [0.05, 0.1) is 17.0 Å². The van der Waals surface area contributed by atoms with Crippen molar-refractivity contribution in [1.82, 2.24) is 10.2 Å². The zero-order valence-corrected chi connectivity index (χ0v) is 27.3. The Labute approximate surface area is 267 Å². The van der Waals surface area contributed by atoms with Gasteiger partial charge in [-0.15, -0.1) is 0 Å². The van der Waals surface area contributed by atoms with Crippen LogP contribution in [-0.4, -0.2) is 50.0 Å². The summed E-state index contributed by atoms with van der Waals surface area (Å²) in [6.45, 7) is 3.63. The van der Waals surface area contributed by atoms with Gasteiger partial charge in [0.15, 0.2) is 0 Å². The van der Waals surface area contributed by atoms with E-state index in [2.05, 4.69) is 5.32 Å². The number of amides is 2. The number of rotatable bonds is 13. The summed E-state index contributed by atoms with van der Waals surface area (Å²) in [6, 6.07) is 17.9. The van der Waals surface area contributed by atoms with Crippen LogP contribution in [-0.2, 0) is 32.6 Å². The molecule has 0 saturated heterocycles. The second kappa shape index (κ2) is 15.3. The van der Waals surface area contributed by atoms with Crippen LogP contribution in [0.1, 0.15) is 37.8 Å². The SMILES string of the molecule is CC(C)NC(=O)C(Cc1ccccc1)N(Cc1c(Cl)cccc1Cl)C(=O)CCCN(c1cc(Cl)ccc1Cl)S(C)(=O)=O. The molecule has 0 aliphatic heterocycles. The summed E-state index contributed by atoms with van der Waals surface area (Å²) in [5, 5.41) is 4.18. The average molecular weight is 673 g/mol. The van der Waals surface area contributed by atoms with Crippen LogP contribution < -0.4 is 9.62 Å². The van der Waals surface area contributed by atoms with Crippen molar-refractivity contribution in [2.75, 3.05) is 17.1 Å². The third-order valence-corrected chi connectivity index (χ3v) is 8.86. The van der Waals surface area contributed by atoms with Crippen LogP contribution in [0.5, 0.6) is 0 Å². The molecule has 1 atom stereocenters. The molecule has 3 aromatic rings. The van der Waals surface area contributed by atoms with Crippen LogP contribution in [0.3, 0.4) is 0 Å².